The van der Waals surface area contributed by atoms with Gasteiger partial charge in [0.2, 0.25) is 0 Å². The van der Waals surface area contributed by atoms with Crippen LogP contribution >= 0.6 is 0 Å². The van der Waals surface area contributed by atoms with Crippen molar-refractivity contribution >= 4 is 6.21 Å². The molecule has 1 saturated carbocycles. The van der Waals surface area contributed by atoms with E-state index in [9.17, 15) is 0 Å². The Morgan fingerprint density at radius 2 is 1.87 bits per heavy atom. The van der Waals surface area contributed by atoms with Gasteiger partial charge in [0, 0.05) is 0 Å². The fraction of sp³-hybridized carbons (Fsp3) is 0.864. The van der Waals surface area contributed by atoms with Crippen LogP contribution in [0.15, 0.2) is 11.6 Å². The van der Waals surface area contributed by atoms with Crippen LogP contribution < -0.4 is 0 Å². The van der Waals surface area contributed by atoms with E-state index in [0.717, 1.165) is 5.92 Å². The second-order valence-electron chi connectivity index (χ2n) is 9.68. The van der Waals surface area contributed by atoms with Gasteiger partial charge in [-0.15, -0.1) is 0 Å². The van der Waals surface area contributed by atoms with E-state index in [4.69, 9.17) is 5.41 Å². The fourth-order valence-electron chi connectivity index (χ4n) is 4.19. The zero-order valence-electron chi connectivity index (χ0n) is 17.0. The van der Waals surface area contributed by atoms with Crippen molar-refractivity contribution in [2.75, 3.05) is 0 Å². The van der Waals surface area contributed by atoms with Crippen molar-refractivity contribution in [2.24, 2.45) is 34.5 Å². The van der Waals surface area contributed by atoms with Gasteiger partial charge in [0.25, 0.3) is 0 Å². The summed E-state index contributed by atoms with van der Waals surface area (Å²) in [5.41, 5.74) is 2.41. The molecule has 0 aliphatic heterocycles. The lowest BCUT2D eigenvalue weighted by Crippen LogP contribution is -2.33. The molecule has 0 bridgehead atoms. The van der Waals surface area contributed by atoms with Gasteiger partial charge in [0.05, 0.1) is 0 Å². The van der Waals surface area contributed by atoms with Crippen molar-refractivity contribution in [3.8, 4) is 0 Å². The zero-order chi connectivity index (χ0) is 17.8. The summed E-state index contributed by atoms with van der Waals surface area (Å²) < 4.78 is 0. The number of rotatable bonds is 7. The maximum atomic E-state index is 7.56. The van der Waals surface area contributed by atoms with E-state index in [1.165, 1.54) is 32.1 Å². The lowest BCUT2D eigenvalue weighted by molar-refractivity contribution is 0.119. The van der Waals surface area contributed by atoms with Crippen LogP contribution in [0.3, 0.4) is 0 Å². The molecule has 1 aliphatic carbocycles. The minimum Gasteiger partial charge on any atom is -0.313 e. The summed E-state index contributed by atoms with van der Waals surface area (Å²) >= 11 is 0. The Bertz CT molecular complexity index is 416. The maximum Gasteiger partial charge on any atom is -0.00166 e. The molecule has 0 aromatic rings. The van der Waals surface area contributed by atoms with Crippen molar-refractivity contribution in [3.05, 3.63) is 11.6 Å². The van der Waals surface area contributed by atoms with Gasteiger partial charge in [-0.2, -0.15) is 0 Å². The van der Waals surface area contributed by atoms with Crippen LogP contribution in [0.1, 0.15) is 87.5 Å². The highest BCUT2D eigenvalue weighted by molar-refractivity contribution is 5.56. The van der Waals surface area contributed by atoms with Crippen LogP contribution in [0.2, 0.25) is 0 Å². The summed E-state index contributed by atoms with van der Waals surface area (Å²) in [5.74, 6) is 2.34. The highest BCUT2D eigenvalue weighted by atomic mass is 14.4. The molecule has 0 amide bonds. The Labute approximate surface area is 145 Å². The first-order valence-corrected chi connectivity index (χ1v) is 9.68. The second kappa shape index (κ2) is 7.99. The number of hydrogen-bond acceptors (Lipinski definition) is 1. The minimum atomic E-state index is 0.263. The van der Waals surface area contributed by atoms with Crippen LogP contribution in [0, 0.1) is 39.9 Å². The summed E-state index contributed by atoms with van der Waals surface area (Å²) in [6.07, 6.45) is 10.8. The Kier molecular flexibility index (Phi) is 7.11. The Morgan fingerprint density at radius 3 is 2.39 bits per heavy atom. The molecule has 1 rings (SSSR count). The quantitative estimate of drug-likeness (QED) is 0.381. The molecular weight excluding hydrogens is 278 g/mol. The molecule has 1 aliphatic rings. The van der Waals surface area contributed by atoms with E-state index >= 15 is 0 Å². The molecule has 0 saturated heterocycles. The molecular formula is C22H41N. The van der Waals surface area contributed by atoms with Gasteiger partial charge in [0.1, 0.15) is 0 Å². The fourth-order valence-corrected chi connectivity index (χ4v) is 4.19. The molecule has 0 radical (unpaired) electrons. The first kappa shape index (κ1) is 20.5. The predicted octanol–water partition coefficient (Wildman–Crippen LogP) is 7.12. The van der Waals surface area contributed by atoms with E-state index in [1.807, 2.05) is 0 Å². The third kappa shape index (κ3) is 5.47. The first-order chi connectivity index (χ1) is 10.5. The number of nitrogens with one attached hydrogen (secondary N) is 1. The third-order valence-corrected chi connectivity index (χ3v) is 7.14. The van der Waals surface area contributed by atoms with Gasteiger partial charge >= 0.3 is 0 Å². The highest BCUT2D eigenvalue weighted by Crippen LogP contribution is 2.43. The van der Waals surface area contributed by atoms with E-state index < -0.39 is 0 Å². The molecule has 0 spiro atoms. The molecule has 0 heterocycles. The van der Waals surface area contributed by atoms with Crippen molar-refractivity contribution in [3.63, 3.8) is 0 Å². The van der Waals surface area contributed by atoms with Gasteiger partial charge < -0.3 is 5.41 Å². The first-order valence-electron chi connectivity index (χ1n) is 9.68. The van der Waals surface area contributed by atoms with Crippen LogP contribution in [0.5, 0.6) is 0 Å². The molecule has 0 aromatic heterocycles. The van der Waals surface area contributed by atoms with Crippen LogP contribution in [0.4, 0.5) is 0 Å². The van der Waals surface area contributed by atoms with Gasteiger partial charge in [-0.25, -0.2) is 0 Å². The van der Waals surface area contributed by atoms with Gasteiger partial charge in [-0.05, 0) is 73.3 Å². The van der Waals surface area contributed by atoms with Gasteiger partial charge in [-0.1, -0.05) is 66.5 Å². The zero-order valence-corrected chi connectivity index (χ0v) is 17.0. The predicted molar refractivity (Wildman–Crippen MR) is 104 cm³/mol. The van der Waals surface area contributed by atoms with E-state index in [-0.39, 0.29) is 5.41 Å². The molecule has 134 valence electrons. The molecule has 23 heavy (non-hydrogen) atoms. The molecule has 2 unspecified atom stereocenters. The summed E-state index contributed by atoms with van der Waals surface area (Å²) in [7, 11) is 0. The smallest absolute Gasteiger partial charge is 0.00166 e. The van der Waals surface area contributed by atoms with Gasteiger partial charge in [0.15, 0.2) is 0 Å². The summed E-state index contributed by atoms with van der Waals surface area (Å²) in [5, 5.41) is 7.56. The number of allylic oxidation sites excluding steroid dienone is 2. The van der Waals surface area contributed by atoms with Crippen LogP contribution in [-0.4, -0.2) is 6.21 Å². The van der Waals surface area contributed by atoms with Crippen molar-refractivity contribution < 1.29 is 0 Å². The highest BCUT2D eigenvalue weighted by Gasteiger charge is 2.34. The van der Waals surface area contributed by atoms with Crippen molar-refractivity contribution in [1.29, 1.82) is 5.41 Å². The van der Waals surface area contributed by atoms with Crippen LogP contribution in [-0.2, 0) is 0 Å². The standard InChI is InChI=1S/C22H41N/c1-16(20-10-9-13-21(5,6)14-20)11-12-18(3)22(7,8)19(4)17(2)15-23/h11,15,17-20,23H,9-10,12-14H2,1-8H3/b16-11+,23-15?/t17?,18?,19-,20+/m1/s1. The maximum absolute atomic E-state index is 7.56. The summed E-state index contributed by atoms with van der Waals surface area (Å²) in [6, 6.07) is 0. The lowest BCUT2D eigenvalue weighted by Gasteiger charge is -2.40. The van der Waals surface area contributed by atoms with E-state index in [0.29, 0.717) is 23.2 Å². The average molecular weight is 320 g/mol. The monoisotopic (exact) mass is 319 g/mol. The Morgan fingerprint density at radius 1 is 1.26 bits per heavy atom. The number of hydrogen-bond donors (Lipinski definition) is 1. The minimum absolute atomic E-state index is 0.263. The largest absolute Gasteiger partial charge is 0.313 e. The van der Waals surface area contributed by atoms with Gasteiger partial charge in [-0.3, -0.25) is 0 Å². The molecule has 1 nitrogen and oxygen atoms in total. The molecule has 1 fully saturated rings. The SMILES string of the molecule is C/C(=C\CC(C)C(C)(C)[C@H](C)C(C)C=N)[C@H]1CCCC(C)(C)C1. The van der Waals surface area contributed by atoms with E-state index in [2.05, 4.69) is 61.5 Å². The Balaban J connectivity index is 2.69. The summed E-state index contributed by atoms with van der Waals surface area (Å²) in [4.78, 5) is 0. The lowest BCUT2D eigenvalue weighted by atomic mass is 9.65. The topological polar surface area (TPSA) is 23.9 Å². The molecule has 4 atom stereocenters. The van der Waals surface area contributed by atoms with Crippen LogP contribution in [0.25, 0.3) is 0 Å². The van der Waals surface area contributed by atoms with Crippen molar-refractivity contribution in [2.45, 2.75) is 87.5 Å². The second-order valence-corrected chi connectivity index (χ2v) is 9.68. The third-order valence-electron chi connectivity index (χ3n) is 7.14. The molecule has 1 N–H and O–H groups in total. The molecule has 1 heteroatoms. The molecule has 0 aromatic carbocycles. The van der Waals surface area contributed by atoms with Crippen molar-refractivity contribution in [1.82, 2.24) is 0 Å². The summed E-state index contributed by atoms with van der Waals surface area (Å²) in [6.45, 7) is 18.9. The average Bonchev–Trinajstić information content (AvgIpc) is 2.49. The Hall–Kier alpha value is -0.590. The van der Waals surface area contributed by atoms with E-state index in [1.54, 1.807) is 11.8 Å². The normalized spacial score (nSPS) is 26.4.